The third kappa shape index (κ3) is 3.35. The van der Waals surface area contributed by atoms with Crippen molar-refractivity contribution < 1.29 is 13.9 Å². The van der Waals surface area contributed by atoms with Crippen LogP contribution in [0, 0.1) is 6.92 Å². The molecule has 9 nitrogen and oxygen atoms in total. The zero-order valence-corrected chi connectivity index (χ0v) is 17.2. The highest BCUT2D eigenvalue weighted by atomic mass is 32.2. The highest BCUT2D eigenvalue weighted by molar-refractivity contribution is 7.98. The maximum atomic E-state index is 11.9. The number of nitrogens with zero attached hydrogens (tertiary/aromatic N) is 4. The minimum Gasteiger partial charge on any atom is -0.493 e. The summed E-state index contributed by atoms with van der Waals surface area (Å²) in [7, 11) is 4.99. The Labute approximate surface area is 170 Å². The standard InChI is InChI=1S/C19H19N5O4S/c1-10-12(8-29-19-23-14-16(24(19)2)20-9-21-17(14)25)22-18(28-10)11-6-5-7-13(26-3)15(11)27-4/h5-7,9H,8H2,1-4H3,(H,20,21,25). The highest BCUT2D eigenvalue weighted by Crippen LogP contribution is 2.38. The quantitative estimate of drug-likeness (QED) is 0.481. The van der Waals surface area contributed by atoms with Gasteiger partial charge in [-0.1, -0.05) is 17.8 Å². The lowest BCUT2D eigenvalue weighted by Gasteiger charge is -2.09. The first-order valence-corrected chi connectivity index (χ1v) is 9.72. The Hall–Kier alpha value is -3.27. The Kier molecular flexibility index (Phi) is 5.01. The van der Waals surface area contributed by atoms with E-state index in [4.69, 9.17) is 13.9 Å². The third-order valence-corrected chi connectivity index (χ3v) is 5.53. The molecule has 0 spiro atoms. The summed E-state index contributed by atoms with van der Waals surface area (Å²) in [4.78, 5) is 27.7. The van der Waals surface area contributed by atoms with Crippen LogP contribution in [0.3, 0.4) is 0 Å². The van der Waals surface area contributed by atoms with Gasteiger partial charge in [0.15, 0.2) is 27.8 Å². The van der Waals surface area contributed by atoms with Gasteiger partial charge in [-0.05, 0) is 19.1 Å². The predicted molar refractivity (Wildman–Crippen MR) is 108 cm³/mol. The molecule has 1 N–H and O–H groups in total. The average molecular weight is 413 g/mol. The van der Waals surface area contributed by atoms with Gasteiger partial charge in [0.05, 0.1) is 31.8 Å². The van der Waals surface area contributed by atoms with Crippen LogP contribution in [0.5, 0.6) is 11.5 Å². The topological polar surface area (TPSA) is 108 Å². The smallest absolute Gasteiger partial charge is 0.278 e. The Bertz CT molecular complexity index is 1240. The lowest BCUT2D eigenvalue weighted by Crippen LogP contribution is -2.06. The first kappa shape index (κ1) is 19.1. The molecular weight excluding hydrogens is 394 g/mol. The molecule has 0 fully saturated rings. The third-order valence-electron chi connectivity index (χ3n) is 4.49. The van der Waals surface area contributed by atoms with Gasteiger partial charge >= 0.3 is 0 Å². The van der Waals surface area contributed by atoms with Crippen LogP contribution < -0.4 is 15.0 Å². The van der Waals surface area contributed by atoms with Crippen LogP contribution in [-0.2, 0) is 12.8 Å². The minimum absolute atomic E-state index is 0.262. The van der Waals surface area contributed by atoms with Crippen molar-refractivity contribution in [1.29, 1.82) is 0 Å². The van der Waals surface area contributed by atoms with Crippen LogP contribution in [0.1, 0.15) is 11.5 Å². The summed E-state index contributed by atoms with van der Waals surface area (Å²) in [5.74, 6) is 2.85. The molecule has 0 atom stereocenters. The van der Waals surface area contributed by atoms with Gasteiger partial charge < -0.3 is 23.4 Å². The number of ether oxygens (including phenoxy) is 2. The van der Waals surface area contributed by atoms with Crippen molar-refractivity contribution in [3.05, 3.63) is 46.3 Å². The molecule has 0 saturated carbocycles. The number of aromatic nitrogens is 5. The van der Waals surface area contributed by atoms with Crippen LogP contribution in [0.2, 0.25) is 0 Å². The number of thioether (sulfide) groups is 1. The summed E-state index contributed by atoms with van der Waals surface area (Å²) in [5, 5.41) is 0.673. The Balaban J connectivity index is 1.63. The lowest BCUT2D eigenvalue weighted by atomic mass is 10.2. The molecule has 3 heterocycles. The zero-order chi connectivity index (χ0) is 20.5. The van der Waals surface area contributed by atoms with E-state index >= 15 is 0 Å². The number of oxazole rings is 1. The Morgan fingerprint density at radius 1 is 1.24 bits per heavy atom. The van der Waals surface area contributed by atoms with Crippen LogP contribution in [0.25, 0.3) is 22.6 Å². The van der Waals surface area contributed by atoms with Crippen LogP contribution in [-0.4, -0.2) is 38.7 Å². The molecule has 0 aliphatic carbocycles. The maximum Gasteiger partial charge on any atom is 0.278 e. The maximum absolute atomic E-state index is 11.9. The van der Waals surface area contributed by atoms with E-state index in [2.05, 4.69) is 19.9 Å². The van der Waals surface area contributed by atoms with E-state index in [-0.39, 0.29) is 5.56 Å². The number of para-hydroxylation sites is 1. The molecule has 3 aromatic heterocycles. The number of fused-ring (bicyclic) bond motifs is 1. The number of methoxy groups -OCH3 is 2. The first-order chi connectivity index (χ1) is 14.0. The number of benzene rings is 1. The molecule has 0 unspecified atom stereocenters. The molecule has 0 aliphatic rings. The molecule has 10 heteroatoms. The summed E-state index contributed by atoms with van der Waals surface area (Å²) in [6, 6.07) is 5.54. The van der Waals surface area contributed by atoms with E-state index in [0.29, 0.717) is 50.8 Å². The van der Waals surface area contributed by atoms with Gasteiger partial charge in [-0.25, -0.2) is 15.0 Å². The van der Waals surface area contributed by atoms with Gasteiger partial charge in [-0.2, -0.15) is 0 Å². The van der Waals surface area contributed by atoms with Crippen molar-refractivity contribution in [2.45, 2.75) is 17.8 Å². The highest BCUT2D eigenvalue weighted by Gasteiger charge is 2.19. The fourth-order valence-corrected chi connectivity index (χ4v) is 3.95. The molecule has 4 rings (SSSR count). The predicted octanol–water partition coefficient (Wildman–Crippen LogP) is 2.93. The van der Waals surface area contributed by atoms with Gasteiger partial charge in [-0.15, -0.1) is 0 Å². The molecular formula is C19H19N5O4S. The molecule has 1 aromatic carbocycles. The molecule has 0 bridgehead atoms. The van der Waals surface area contributed by atoms with Crippen molar-refractivity contribution in [3.8, 4) is 23.0 Å². The number of aryl methyl sites for hydroxylation is 2. The molecule has 0 aliphatic heterocycles. The minimum atomic E-state index is -0.262. The summed E-state index contributed by atoms with van der Waals surface area (Å²) in [6.07, 6.45) is 1.37. The summed E-state index contributed by atoms with van der Waals surface area (Å²) in [5.41, 5.74) is 2.09. The van der Waals surface area contributed by atoms with E-state index in [1.807, 2.05) is 32.2 Å². The van der Waals surface area contributed by atoms with Gasteiger partial charge in [-0.3, -0.25) is 4.79 Å². The van der Waals surface area contributed by atoms with Gasteiger partial charge in [0.1, 0.15) is 5.76 Å². The number of aromatic amines is 1. The van der Waals surface area contributed by atoms with E-state index in [1.54, 1.807) is 18.8 Å². The fraction of sp³-hybridized carbons (Fsp3) is 0.263. The summed E-state index contributed by atoms with van der Waals surface area (Å²) >= 11 is 1.46. The lowest BCUT2D eigenvalue weighted by molar-refractivity contribution is 0.355. The number of nitrogens with one attached hydrogen (secondary N) is 1. The second-order valence-electron chi connectivity index (χ2n) is 6.21. The van der Waals surface area contributed by atoms with E-state index in [0.717, 1.165) is 5.69 Å². The normalized spacial score (nSPS) is 11.2. The van der Waals surface area contributed by atoms with Gasteiger partial charge in [0.25, 0.3) is 5.56 Å². The fourth-order valence-electron chi connectivity index (χ4n) is 2.99. The number of H-pyrrole nitrogens is 1. The first-order valence-electron chi connectivity index (χ1n) is 8.74. The largest absolute Gasteiger partial charge is 0.493 e. The van der Waals surface area contributed by atoms with Crippen molar-refractivity contribution in [2.75, 3.05) is 14.2 Å². The number of rotatable bonds is 6. The molecule has 4 aromatic rings. The van der Waals surface area contributed by atoms with E-state index < -0.39 is 0 Å². The van der Waals surface area contributed by atoms with Gasteiger partial charge in [0, 0.05) is 12.8 Å². The number of hydrogen-bond donors (Lipinski definition) is 1. The van der Waals surface area contributed by atoms with Crippen molar-refractivity contribution in [3.63, 3.8) is 0 Å². The second-order valence-corrected chi connectivity index (χ2v) is 7.15. The monoisotopic (exact) mass is 413 g/mol. The Morgan fingerprint density at radius 3 is 2.79 bits per heavy atom. The number of imidazole rings is 1. The molecule has 29 heavy (non-hydrogen) atoms. The van der Waals surface area contributed by atoms with E-state index in [9.17, 15) is 4.79 Å². The Morgan fingerprint density at radius 2 is 2.07 bits per heavy atom. The summed E-state index contributed by atoms with van der Waals surface area (Å²) in [6.45, 7) is 1.86. The van der Waals surface area contributed by atoms with Gasteiger partial charge in [0.2, 0.25) is 5.89 Å². The molecule has 0 saturated heterocycles. The van der Waals surface area contributed by atoms with Crippen LogP contribution in [0.4, 0.5) is 0 Å². The average Bonchev–Trinajstić information content (AvgIpc) is 3.26. The number of hydrogen-bond acceptors (Lipinski definition) is 8. The van der Waals surface area contributed by atoms with E-state index in [1.165, 1.54) is 18.1 Å². The molecule has 150 valence electrons. The van der Waals surface area contributed by atoms with Crippen molar-refractivity contribution in [1.82, 2.24) is 24.5 Å². The van der Waals surface area contributed by atoms with Crippen LogP contribution >= 0.6 is 11.8 Å². The van der Waals surface area contributed by atoms with Crippen molar-refractivity contribution >= 4 is 22.9 Å². The van der Waals surface area contributed by atoms with Crippen molar-refractivity contribution in [2.24, 2.45) is 7.05 Å². The zero-order valence-electron chi connectivity index (χ0n) is 16.3. The molecule has 0 amide bonds. The summed E-state index contributed by atoms with van der Waals surface area (Å²) < 4.78 is 18.5. The second kappa shape index (κ2) is 7.63. The molecule has 0 radical (unpaired) electrons. The SMILES string of the molecule is COc1cccc(-c2nc(CSc3nc4c(=O)[nH]cnc4n3C)c(C)o2)c1OC. The van der Waals surface area contributed by atoms with Crippen LogP contribution in [0.15, 0.2) is 38.9 Å².